The van der Waals surface area contributed by atoms with Crippen LogP contribution in [0.15, 0.2) is 66.7 Å². The summed E-state index contributed by atoms with van der Waals surface area (Å²) in [6.07, 6.45) is 1.13. The minimum absolute atomic E-state index is 0.125. The molecule has 2 N–H and O–H groups in total. The van der Waals surface area contributed by atoms with E-state index in [-0.39, 0.29) is 5.91 Å². The first kappa shape index (κ1) is 19.2. The van der Waals surface area contributed by atoms with Gasteiger partial charge in [-0.05, 0) is 42.3 Å². The Morgan fingerprint density at radius 2 is 1.79 bits per heavy atom. The molecule has 4 heteroatoms. The summed E-state index contributed by atoms with van der Waals surface area (Å²) in [5.74, 6) is 0.536. The van der Waals surface area contributed by atoms with Crippen LogP contribution in [-0.4, -0.2) is 19.6 Å². The first-order valence-electron chi connectivity index (χ1n) is 10.1. The molecular formula is C25H27N2O2+. The van der Waals surface area contributed by atoms with Gasteiger partial charge in [0.1, 0.15) is 18.8 Å². The molecule has 1 heterocycles. The molecule has 4 rings (SSSR count). The van der Waals surface area contributed by atoms with Gasteiger partial charge in [-0.1, -0.05) is 42.5 Å². The summed E-state index contributed by atoms with van der Waals surface area (Å²) in [7, 11) is 1.61. The molecule has 1 unspecified atom stereocenters. The lowest BCUT2D eigenvalue weighted by atomic mass is 9.99. The standard InChI is InChI=1S/C25H26N2O2/c1-18-7-12-24(29-2)23(15-18)26-25(28)21-10-8-19(9-11-21)16-27-14-13-20-5-3-4-6-22(20)17-27/h3-12,15H,13-14,16-17H2,1-2H3,(H,26,28)/p+1. The molecule has 0 aliphatic carbocycles. The highest BCUT2D eigenvalue weighted by Crippen LogP contribution is 2.25. The number of benzene rings is 3. The van der Waals surface area contributed by atoms with Gasteiger partial charge in [-0.25, -0.2) is 0 Å². The van der Waals surface area contributed by atoms with Gasteiger partial charge >= 0.3 is 0 Å². The number of methoxy groups -OCH3 is 1. The highest BCUT2D eigenvalue weighted by Gasteiger charge is 2.19. The number of fused-ring (bicyclic) bond motifs is 1. The van der Waals surface area contributed by atoms with Crippen molar-refractivity contribution >= 4 is 11.6 Å². The van der Waals surface area contributed by atoms with Crippen molar-refractivity contribution in [3.05, 3.63) is 94.5 Å². The van der Waals surface area contributed by atoms with E-state index in [1.807, 2.05) is 37.3 Å². The summed E-state index contributed by atoms with van der Waals surface area (Å²) in [4.78, 5) is 14.2. The number of hydrogen-bond donors (Lipinski definition) is 2. The maximum atomic E-state index is 12.7. The first-order chi connectivity index (χ1) is 14.1. The molecule has 1 aliphatic rings. The summed E-state index contributed by atoms with van der Waals surface area (Å²) >= 11 is 0. The lowest BCUT2D eigenvalue weighted by Crippen LogP contribution is -3.10. The highest BCUT2D eigenvalue weighted by atomic mass is 16.5. The number of aryl methyl sites for hydroxylation is 1. The fraction of sp³-hybridized carbons (Fsp3) is 0.240. The smallest absolute Gasteiger partial charge is 0.255 e. The van der Waals surface area contributed by atoms with Crippen LogP contribution in [0.25, 0.3) is 0 Å². The van der Waals surface area contributed by atoms with E-state index in [4.69, 9.17) is 4.74 Å². The molecule has 1 aliphatic heterocycles. The van der Waals surface area contributed by atoms with E-state index in [1.165, 1.54) is 16.7 Å². The van der Waals surface area contributed by atoms with E-state index >= 15 is 0 Å². The van der Waals surface area contributed by atoms with Gasteiger partial charge in [0.15, 0.2) is 0 Å². The maximum Gasteiger partial charge on any atom is 0.255 e. The Hall–Kier alpha value is -3.11. The third kappa shape index (κ3) is 4.49. The molecule has 0 spiro atoms. The summed E-state index contributed by atoms with van der Waals surface area (Å²) in [5, 5.41) is 2.96. The van der Waals surface area contributed by atoms with E-state index in [0.29, 0.717) is 17.0 Å². The normalized spacial score (nSPS) is 15.4. The van der Waals surface area contributed by atoms with Gasteiger partial charge < -0.3 is 15.0 Å². The molecule has 4 nitrogen and oxygen atoms in total. The zero-order valence-corrected chi connectivity index (χ0v) is 17.0. The quantitative estimate of drug-likeness (QED) is 0.705. The molecule has 1 amide bonds. The molecular weight excluding hydrogens is 360 g/mol. The number of amides is 1. The molecule has 1 atom stereocenters. The Balaban J connectivity index is 1.40. The minimum Gasteiger partial charge on any atom is -0.495 e. The molecule has 0 saturated carbocycles. The van der Waals surface area contributed by atoms with Gasteiger partial charge in [0.05, 0.1) is 19.3 Å². The van der Waals surface area contributed by atoms with Gasteiger partial charge in [-0.3, -0.25) is 4.79 Å². The second kappa shape index (κ2) is 8.50. The van der Waals surface area contributed by atoms with Crippen molar-refractivity contribution in [1.29, 1.82) is 0 Å². The van der Waals surface area contributed by atoms with E-state index in [9.17, 15) is 4.79 Å². The zero-order valence-electron chi connectivity index (χ0n) is 17.0. The maximum absolute atomic E-state index is 12.7. The van der Waals surface area contributed by atoms with Crippen LogP contribution in [-0.2, 0) is 19.5 Å². The number of anilines is 1. The second-order valence-electron chi connectivity index (χ2n) is 7.73. The highest BCUT2D eigenvalue weighted by molar-refractivity contribution is 6.05. The van der Waals surface area contributed by atoms with Crippen molar-refractivity contribution in [3.8, 4) is 5.75 Å². The van der Waals surface area contributed by atoms with Crippen molar-refractivity contribution in [3.63, 3.8) is 0 Å². The number of ether oxygens (including phenoxy) is 1. The van der Waals surface area contributed by atoms with Crippen molar-refractivity contribution in [2.45, 2.75) is 26.4 Å². The van der Waals surface area contributed by atoms with Gasteiger partial charge in [0.25, 0.3) is 5.91 Å². The summed E-state index contributed by atoms with van der Waals surface area (Å²) < 4.78 is 5.35. The fourth-order valence-electron chi connectivity index (χ4n) is 3.97. The zero-order chi connectivity index (χ0) is 20.2. The van der Waals surface area contributed by atoms with Crippen LogP contribution in [0.2, 0.25) is 0 Å². The topological polar surface area (TPSA) is 42.8 Å². The van der Waals surface area contributed by atoms with Gasteiger partial charge in [0, 0.05) is 23.1 Å². The van der Waals surface area contributed by atoms with Gasteiger partial charge in [-0.2, -0.15) is 0 Å². The van der Waals surface area contributed by atoms with E-state index in [1.54, 1.807) is 12.0 Å². The third-order valence-corrected chi connectivity index (χ3v) is 5.58. The van der Waals surface area contributed by atoms with E-state index in [2.05, 4.69) is 41.7 Å². The largest absolute Gasteiger partial charge is 0.495 e. The SMILES string of the molecule is COc1ccc(C)cc1NC(=O)c1ccc(C[NH+]2CCc3ccccc3C2)cc1. The van der Waals surface area contributed by atoms with Crippen LogP contribution >= 0.6 is 0 Å². The molecule has 3 aromatic rings. The predicted octanol–water partition coefficient (Wildman–Crippen LogP) is 3.40. The van der Waals surface area contributed by atoms with Crippen LogP contribution in [0.1, 0.15) is 32.6 Å². The molecule has 0 saturated heterocycles. The van der Waals surface area contributed by atoms with E-state index in [0.717, 1.165) is 31.6 Å². The van der Waals surface area contributed by atoms with E-state index < -0.39 is 0 Å². The summed E-state index contributed by atoms with van der Waals surface area (Å²) in [6, 6.07) is 22.4. The number of rotatable bonds is 5. The van der Waals surface area contributed by atoms with Crippen LogP contribution < -0.4 is 15.0 Å². The molecule has 29 heavy (non-hydrogen) atoms. The van der Waals surface area contributed by atoms with Gasteiger partial charge in [-0.15, -0.1) is 0 Å². The second-order valence-corrected chi connectivity index (χ2v) is 7.73. The molecule has 0 bridgehead atoms. The average molecular weight is 388 g/mol. The molecule has 0 radical (unpaired) electrons. The third-order valence-electron chi connectivity index (χ3n) is 5.58. The van der Waals surface area contributed by atoms with Gasteiger partial charge in [0.2, 0.25) is 0 Å². The van der Waals surface area contributed by atoms with Crippen molar-refractivity contribution in [1.82, 2.24) is 0 Å². The van der Waals surface area contributed by atoms with Crippen LogP contribution in [0, 0.1) is 6.92 Å². The summed E-state index contributed by atoms with van der Waals surface area (Å²) in [6.45, 7) is 5.17. The monoisotopic (exact) mass is 387 g/mol. The minimum atomic E-state index is -0.125. The van der Waals surface area contributed by atoms with Crippen LogP contribution in [0.3, 0.4) is 0 Å². The summed E-state index contributed by atoms with van der Waals surface area (Å²) in [5.41, 5.74) is 6.60. The molecule has 0 aromatic heterocycles. The molecule has 3 aromatic carbocycles. The lowest BCUT2D eigenvalue weighted by Gasteiger charge is -2.26. The lowest BCUT2D eigenvalue weighted by molar-refractivity contribution is -0.929. The Kier molecular flexibility index (Phi) is 5.63. The number of quaternary nitrogens is 1. The van der Waals surface area contributed by atoms with Crippen LogP contribution in [0.5, 0.6) is 5.75 Å². The van der Waals surface area contributed by atoms with Crippen molar-refractivity contribution in [2.24, 2.45) is 0 Å². The molecule has 148 valence electrons. The van der Waals surface area contributed by atoms with Crippen molar-refractivity contribution in [2.75, 3.05) is 19.0 Å². The average Bonchev–Trinajstić information content (AvgIpc) is 2.74. The first-order valence-corrected chi connectivity index (χ1v) is 10.1. The van der Waals surface area contributed by atoms with Crippen molar-refractivity contribution < 1.29 is 14.4 Å². The van der Waals surface area contributed by atoms with Crippen LogP contribution in [0.4, 0.5) is 5.69 Å². The number of carbonyl (C=O) groups is 1. The fourth-order valence-corrected chi connectivity index (χ4v) is 3.97. The Bertz CT molecular complexity index is 1010. The number of hydrogen-bond acceptors (Lipinski definition) is 2. The Labute approximate surface area is 172 Å². The Morgan fingerprint density at radius 3 is 2.55 bits per heavy atom. The number of carbonyl (C=O) groups excluding carboxylic acids is 1. The predicted molar refractivity (Wildman–Crippen MR) is 116 cm³/mol. The Morgan fingerprint density at radius 1 is 1.03 bits per heavy atom. The number of nitrogens with one attached hydrogen (secondary N) is 2. The molecule has 0 fully saturated rings.